The maximum absolute atomic E-state index is 13.8. The summed E-state index contributed by atoms with van der Waals surface area (Å²) in [4.78, 5) is 0.440. The number of halogens is 5. The van der Waals surface area contributed by atoms with Gasteiger partial charge in [-0.2, -0.15) is 13.2 Å². The molecule has 0 aromatic rings. The highest BCUT2D eigenvalue weighted by atomic mass is 19.4. The van der Waals surface area contributed by atoms with Gasteiger partial charge in [-0.05, 0) is 12.8 Å². The fraction of sp³-hybridized carbons (Fsp3) is 0.600. The van der Waals surface area contributed by atoms with Crippen LogP contribution in [0.1, 0.15) is 12.8 Å². The van der Waals surface area contributed by atoms with Crippen LogP contribution in [-0.4, -0.2) is 30.0 Å². The average Bonchev–Trinajstić information content (AvgIpc) is 2.42. The van der Waals surface area contributed by atoms with Gasteiger partial charge in [0.2, 0.25) is 0 Å². The molecule has 0 aliphatic carbocycles. The number of rotatable bonds is 2. The molecular weight excluding hydrogens is 229 g/mol. The van der Waals surface area contributed by atoms with Crippen LogP contribution in [0.3, 0.4) is 0 Å². The lowest BCUT2D eigenvalue weighted by atomic mass is 10.1. The Kier molecular flexibility index (Phi) is 3.72. The van der Waals surface area contributed by atoms with E-state index < -0.39 is 17.8 Å². The van der Waals surface area contributed by atoms with E-state index in [9.17, 15) is 22.0 Å². The monoisotopic (exact) mass is 241 g/mol. The second-order valence-electron chi connectivity index (χ2n) is 3.56. The lowest BCUT2D eigenvalue weighted by Gasteiger charge is -2.36. The Morgan fingerprint density at radius 1 is 1.06 bits per heavy atom. The van der Waals surface area contributed by atoms with E-state index in [0.29, 0.717) is 4.90 Å². The zero-order chi connectivity index (χ0) is 12.4. The highest BCUT2D eigenvalue weighted by Gasteiger charge is 2.62. The smallest absolute Gasteiger partial charge is 0.257 e. The summed E-state index contributed by atoms with van der Waals surface area (Å²) in [6.07, 6.45) is -1.50. The molecule has 1 aliphatic heterocycles. The van der Waals surface area contributed by atoms with Crippen LogP contribution >= 0.6 is 0 Å². The van der Waals surface area contributed by atoms with Crippen LogP contribution in [0.25, 0.3) is 0 Å². The average molecular weight is 241 g/mol. The molecule has 0 radical (unpaired) electrons. The Hall–Kier alpha value is -0.910. The molecule has 0 bridgehead atoms. The molecule has 0 aromatic carbocycles. The van der Waals surface area contributed by atoms with Crippen molar-refractivity contribution in [2.45, 2.75) is 24.8 Å². The lowest BCUT2D eigenvalue weighted by Crippen LogP contribution is -2.56. The topological polar surface area (TPSA) is 3.24 Å². The summed E-state index contributed by atoms with van der Waals surface area (Å²) in [7, 11) is 0. The third-order valence-corrected chi connectivity index (χ3v) is 2.47. The summed E-state index contributed by atoms with van der Waals surface area (Å²) in [5.74, 6) is -6.08. The minimum atomic E-state index is -5.32. The van der Waals surface area contributed by atoms with Crippen molar-refractivity contribution in [1.82, 2.24) is 4.90 Å². The van der Waals surface area contributed by atoms with Gasteiger partial charge in [0.25, 0.3) is 0 Å². The Morgan fingerprint density at radius 3 is 1.81 bits per heavy atom. The molecule has 1 aliphatic rings. The fourth-order valence-electron chi connectivity index (χ4n) is 1.62. The minimum Gasteiger partial charge on any atom is -0.257 e. The maximum atomic E-state index is 13.8. The van der Waals surface area contributed by atoms with Gasteiger partial charge in [-0.1, -0.05) is 18.7 Å². The van der Waals surface area contributed by atoms with E-state index in [4.69, 9.17) is 0 Å². The van der Waals surface area contributed by atoms with Crippen molar-refractivity contribution in [1.29, 1.82) is 0 Å². The maximum Gasteiger partial charge on any atom is 0.443 e. The molecule has 0 saturated carbocycles. The SMILES string of the molecule is C=C(F)C(F)(N1CCC=CCC1)C(F)(F)F. The predicted molar refractivity (Wildman–Crippen MR) is 50.1 cm³/mol. The van der Waals surface area contributed by atoms with Gasteiger partial charge < -0.3 is 0 Å². The van der Waals surface area contributed by atoms with Gasteiger partial charge in [0.1, 0.15) is 0 Å². The van der Waals surface area contributed by atoms with Gasteiger partial charge in [0.05, 0.1) is 0 Å². The first-order valence-electron chi connectivity index (χ1n) is 4.80. The first-order chi connectivity index (χ1) is 7.30. The molecule has 0 spiro atoms. The largest absolute Gasteiger partial charge is 0.443 e. The highest BCUT2D eigenvalue weighted by molar-refractivity contribution is 5.10. The fourth-order valence-corrected chi connectivity index (χ4v) is 1.62. The molecule has 6 heteroatoms. The Labute approximate surface area is 90.2 Å². The summed E-state index contributed by atoms with van der Waals surface area (Å²) in [5.41, 5.74) is 0. The second-order valence-corrected chi connectivity index (χ2v) is 3.56. The van der Waals surface area contributed by atoms with Gasteiger partial charge in [0, 0.05) is 13.1 Å². The van der Waals surface area contributed by atoms with E-state index in [-0.39, 0.29) is 25.9 Å². The summed E-state index contributed by atoms with van der Waals surface area (Å²) in [6.45, 7) is 2.11. The van der Waals surface area contributed by atoms with Crippen LogP contribution in [0.5, 0.6) is 0 Å². The molecule has 16 heavy (non-hydrogen) atoms. The molecule has 0 fully saturated rings. The predicted octanol–water partition coefficient (Wildman–Crippen LogP) is 3.35. The van der Waals surface area contributed by atoms with Crippen molar-refractivity contribution in [2.75, 3.05) is 13.1 Å². The molecule has 0 aromatic heterocycles. The highest BCUT2D eigenvalue weighted by Crippen LogP contribution is 2.42. The van der Waals surface area contributed by atoms with Gasteiger partial charge in [-0.15, -0.1) is 0 Å². The van der Waals surface area contributed by atoms with Crippen molar-refractivity contribution in [2.24, 2.45) is 0 Å². The van der Waals surface area contributed by atoms with Crippen LogP contribution in [0.15, 0.2) is 24.6 Å². The Bertz CT molecular complexity index is 286. The van der Waals surface area contributed by atoms with Crippen LogP contribution in [0, 0.1) is 0 Å². The molecule has 1 unspecified atom stereocenters. The molecule has 92 valence electrons. The molecule has 0 N–H and O–H groups in total. The van der Waals surface area contributed by atoms with Gasteiger partial charge in [-0.25, -0.2) is 8.78 Å². The first-order valence-corrected chi connectivity index (χ1v) is 4.80. The number of hydrogen-bond acceptors (Lipinski definition) is 1. The van der Waals surface area contributed by atoms with Crippen LogP contribution in [-0.2, 0) is 0 Å². The van der Waals surface area contributed by atoms with Gasteiger partial charge in [-0.3, -0.25) is 4.90 Å². The third-order valence-electron chi connectivity index (χ3n) is 2.47. The zero-order valence-corrected chi connectivity index (χ0v) is 8.53. The minimum absolute atomic E-state index is 0.185. The molecule has 1 atom stereocenters. The van der Waals surface area contributed by atoms with Crippen molar-refractivity contribution < 1.29 is 22.0 Å². The second kappa shape index (κ2) is 4.53. The first kappa shape index (κ1) is 13.2. The summed E-state index contributed by atoms with van der Waals surface area (Å²) < 4.78 is 64.2. The summed E-state index contributed by atoms with van der Waals surface area (Å²) >= 11 is 0. The van der Waals surface area contributed by atoms with E-state index >= 15 is 0 Å². The normalized spacial score (nSPS) is 22.6. The lowest BCUT2D eigenvalue weighted by molar-refractivity contribution is -0.272. The van der Waals surface area contributed by atoms with Crippen molar-refractivity contribution >= 4 is 0 Å². The quantitative estimate of drug-likeness (QED) is 0.407. The van der Waals surface area contributed by atoms with E-state index in [2.05, 4.69) is 6.58 Å². The summed E-state index contributed by atoms with van der Waals surface area (Å²) in [5, 5.41) is 0. The van der Waals surface area contributed by atoms with Gasteiger partial charge >= 0.3 is 12.0 Å². The van der Waals surface area contributed by atoms with Crippen LogP contribution in [0.2, 0.25) is 0 Å². The van der Waals surface area contributed by atoms with E-state index in [0.717, 1.165) is 0 Å². The zero-order valence-electron chi connectivity index (χ0n) is 8.53. The third kappa shape index (κ3) is 2.26. The number of hydrogen-bond donors (Lipinski definition) is 0. The van der Waals surface area contributed by atoms with Gasteiger partial charge in [0.15, 0.2) is 5.83 Å². The standard InChI is InChI=1S/C10H12F5N/c1-8(11)9(12,10(13,14)15)16-6-4-2-3-5-7-16/h2-3H,1,4-7H2. The van der Waals surface area contributed by atoms with E-state index in [1.54, 1.807) is 12.2 Å². The summed E-state index contributed by atoms with van der Waals surface area (Å²) in [6, 6.07) is 0. The molecule has 1 heterocycles. The van der Waals surface area contributed by atoms with E-state index in [1.165, 1.54) is 0 Å². The molecular formula is C10H12F5N. The molecule has 1 nitrogen and oxygen atoms in total. The number of nitrogens with zero attached hydrogens (tertiary/aromatic N) is 1. The van der Waals surface area contributed by atoms with E-state index in [1.807, 2.05) is 0 Å². The van der Waals surface area contributed by atoms with Crippen molar-refractivity contribution in [3.63, 3.8) is 0 Å². The van der Waals surface area contributed by atoms with Crippen molar-refractivity contribution in [3.8, 4) is 0 Å². The van der Waals surface area contributed by atoms with Crippen LogP contribution in [0.4, 0.5) is 22.0 Å². The Morgan fingerprint density at radius 2 is 1.50 bits per heavy atom. The molecule has 0 saturated heterocycles. The van der Waals surface area contributed by atoms with Crippen LogP contribution < -0.4 is 0 Å². The number of alkyl halides is 4. The molecule has 0 amide bonds. The van der Waals surface area contributed by atoms with Crippen molar-refractivity contribution in [3.05, 3.63) is 24.6 Å². The Balaban J connectivity index is 2.98. The molecule has 1 rings (SSSR count).